The van der Waals surface area contributed by atoms with Crippen molar-refractivity contribution in [3.63, 3.8) is 0 Å². The minimum atomic E-state index is -3.67. The van der Waals surface area contributed by atoms with Gasteiger partial charge in [0, 0.05) is 11.8 Å². The summed E-state index contributed by atoms with van der Waals surface area (Å²) in [4.78, 5) is 12.9. The highest BCUT2D eigenvalue weighted by atomic mass is 32.2. The monoisotopic (exact) mass is 390 g/mol. The van der Waals surface area contributed by atoms with Gasteiger partial charge in [0.1, 0.15) is 11.8 Å². The molecule has 0 aliphatic carbocycles. The first-order valence-corrected chi connectivity index (χ1v) is 10.5. The number of ether oxygens (including phenoxy) is 1. The van der Waals surface area contributed by atoms with Gasteiger partial charge in [0.05, 0.1) is 19.1 Å². The zero-order chi connectivity index (χ0) is 20.2. The van der Waals surface area contributed by atoms with Crippen LogP contribution >= 0.6 is 0 Å². The quantitative estimate of drug-likeness (QED) is 0.785. The molecule has 2 aromatic carbocycles. The highest BCUT2D eigenvalue weighted by Gasteiger charge is 2.31. The molecule has 0 saturated carbocycles. The molecule has 0 radical (unpaired) electrons. The van der Waals surface area contributed by atoms with Gasteiger partial charge in [0.25, 0.3) is 0 Å². The number of hydrogen-bond acceptors (Lipinski definition) is 4. The minimum Gasteiger partial charge on any atom is -0.497 e. The van der Waals surface area contributed by atoms with Crippen molar-refractivity contribution >= 4 is 27.3 Å². The maximum atomic E-state index is 12.9. The third-order valence-electron chi connectivity index (χ3n) is 4.13. The van der Waals surface area contributed by atoms with Gasteiger partial charge in [0.15, 0.2) is 0 Å². The molecule has 0 aliphatic rings. The smallest absolute Gasteiger partial charge is 0.248 e. The van der Waals surface area contributed by atoms with Crippen molar-refractivity contribution in [3.05, 3.63) is 53.6 Å². The Hall–Kier alpha value is -2.54. The fraction of sp³-hybridized carbons (Fsp3) is 0.350. The van der Waals surface area contributed by atoms with Crippen LogP contribution in [-0.4, -0.2) is 33.7 Å². The Morgan fingerprint density at radius 1 is 1.15 bits per heavy atom. The fourth-order valence-electron chi connectivity index (χ4n) is 3.06. The van der Waals surface area contributed by atoms with E-state index in [1.165, 1.54) is 4.31 Å². The lowest BCUT2D eigenvalue weighted by Crippen LogP contribution is -2.47. The molecule has 2 aromatic rings. The summed E-state index contributed by atoms with van der Waals surface area (Å²) in [5, 5.41) is 2.79. The van der Waals surface area contributed by atoms with E-state index in [-0.39, 0.29) is 0 Å². The number of aryl methyl sites for hydroxylation is 2. The molecule has 1 amide bonds. The number of carbonyl (C=O) groups is 1. The molecule has 0 heterocycles. The Bertz CT molecular complexity index is 905. The number of hydrogen-bond donors (Lipinski definition) is 1. The molecule has 0 fully saturated rings. The van der Waals surface area contributed by atoms with Gasteiger partial charge >= 0.3 is 0 Å². The number of rotatable bonds is 7. The van der Waals surface area contributed by atoms with Crippen LogP contribution in [0.2, 0.25) is 0 Å². The molecule has 0 aliphatic heterocycles. The summed E-state index contributed by atoms with van der Waals surface area (Å²) in [7, 11) is -2.12. The van der Waals surface area contributed by atoms with E-state index in [0.29, 0.717) is 23.5 Å². The Kier molecular flexibility index (Phi) is 6.49. The number of carbonyl (C=O) groups excluding carboxylic acids is 1. The van der Waals surface area contributed by atoms with Gasteiger partial charge in [-0.25, -0.2) is 8.42 Å². The third-order valence-corrected chi connectivity index (χ3v) is 5.31. The molecule has 6 nitrogen and oxygen atoms in total. The fourth-order valence-corrected chi connectivity index (χ4v) is 4.26. The first-order valence-electron chi connectivity index (χ1n) is 8.68. The van der Waals surface area contributed by atoms with Crippen molar-refractivity contribution in [1.82, 2.24) is 0 Å². The second kappa shape index (κ2) is 8.43. The van der Waals surface area contributed by atoms with Crippen molar-refractivity contribution in [2.75, 3.05) is 23.0 Å². The summed E-state index contributed by atoms with van der Waals surface area (Å²) >= 11 is 0. The van der Waals surface area contributed by atoms with Crippen molar-refractivity contribution in [3.8, 4) is 5.75 Å². The molecule has 1 N–H and O–H groups in total. The average molecular weight is 391 g/mol. The Balaban J connectivity index is 2.41. The van der Waals surface area contributed by atoms with Gasteiger partial charge < -0.3 is 10.1 Å². The van der Waals surface area contributed by atoms with E-state index in [1.54, 1.807) is 50.4 Å². The molecule has 0 saturated heterocycles. The molecule has 2 rings (SSSR count). The third kappa shape index (κ3) is 5.23. The Morgan fingerprint density at radius 2 is 1.78 bits per heavy atom. The van der Waals surface area contributed by atoms with Gasteiger partial charge in [-0.05, 0) is 55.7 Å². The van der Waals surface area contributed by atoms with Crippen LogP contribution in [0.3, 0.4) is 0 Å². The predicted octanol–water partition coefficient (Wildman–Crippen LogP) is 3.50. The number of anilines is 2. The summed E-state index contributed by atoms with van der Waals surface area (Å²) in [6, 6.07) is 11.6. The average Bonchev–Trinajstić information content (AvgIpc) is 2.57. The number of methoxy groups -OCH3 is 1. The van der Waals surface area contributed by atoms with E-state index in [9.17, 15) is 13.2 Å². The van der Waals surface area contributed by atoms with Gasteiger partial charge in [-0.1, -0.05) is 19.1 Å². The van der Waals surface area contributed by atoms with Crippen LogP contribution in [0, 0.1) is 13.8 Å². The molecular formula is C20H26N2O4S. The molecule has 27 heavy (non-hydrogen) atoms. The van der Waals surface area contributed by atoms with Crippen LogP contribution in [0.5, 0.6) is 5.75 Å². The SMILES string of the molecule is CC[C@H](C(=O)Nc1cccc(OC)c1)N(c1cc(C)cc(C)c1)S(C)(=O)=O. The molecule has 146 valence electrons. The molecule has 0 bridgehead atoms. The molecular weight excluding hydrogens is 364 g/mol. The van der Waals surface area contributed by atoms with Gasteiger partial charge in [0.2, 0.25) is 15.9 Å². The summed E-state index contributed by atoms with van der Waals surface area (Å²) in [5.74, 6) is 0.213. The zero-order valence-corrected chi connectivity index (χ0v) is 17.1. The van der Waals surface area contributed by atoms with Crippen LogP contribution in [0.1, 0.15) is 24.5 Å². The Labute approximate surface area is 161 Å². The van der Waals surface area contributed by atoms with Gasteiger partial charge in [-0.2, -0.15) is 0 Å². The highest BCUT2D eigenvalue weighted by Crippen LogP contribution is 2.26. The van der Waals surface area contributed by atoms with E-state index >= 15 is 0 Å². The van der Waals surface area contributed by atoms with Gasteiger partial charge in [-0.15, -0.1) is 0 Å². The second-order valence-electron chi connectivity index (χ2n) is 6.55. The summed E-state index contributed by atoms with van der Waals surface area (Å²) in [5.41, 5.74) is 2.90. The standard InChI is InChI=1S/C20H26N2O4S/c1-6-19(20(23)21-16-8-7-9-18(13-16)26-4)22(27(5,24)25)17-11-14(2)10-15(3)12-17/h7-13,19H,6H2,1-5H3,(H,21,23)/t19-/m1/s1. The predicted molar refractivity (Wildman–Crippen MR) is 109 cm³/mol. The van der Waals surface area contributed by atoms with Crippen molar-refractivity contribution < 1.29 is 17.9 Å². The normalized spacial score (nSPS) is 12.3. The first-order chi connectivity index (χ1) is 12.7. The van der Waals surface area contributed by atoms with Crippen LogP contribution in [-0.2, 0) is 14.8 Å². The van der Waals surface area contributed by atoms with Crippen molar-refractivity contribution in [1.29, 1.82) is 0 Å². The lowest BCUT2D eigenvalue weighted by Gasteiger charge is -2.30. The molecule has 0 unspecified atom stereocenters. The number of sulfonamides is 1. The summed E-state index contributed by atoms with van der Waals surface area (Å²) in [6.45, 7) is 5.58. The van der Waals surface area contributed by atoms with E-state index in [4.69, 9.17) is 4.74 Å². The molecule has 1 atom stereocenters. The first kappa shape index (κ1) is 20.8. The van der Waals surface area contributed by atoms with Crippen molar-refractivity contribution in [2.24, 2.45) is 0 Å². The maximum Gasteiger partial charge on any atom is 0.248 e. The highest BCUT2D eigenvalue weighted by molar-refractivity contribution is 7.92. The van der Waals surface area contributed by atoms with Crippen LogP contribution < -0.4 is 14.4 Å². The summed E-state index contributed by atoms with van der Waals surface area (Å²) in [6.07, 6.45) is 1.45. The molecule has 7 heteroatoms. The number of amides is 1. The second-order valence-corrected chi connectivity index (χ2v) is 8.41. The number of nitrogens with zero attached hydrogens (tertiary/aromatic N) is 1. The minimum absolute atomic E-state index is 0.329. The maximum absolute atomic E-state index is 12.9. The molecule has 0 aromatic heterocycles. The van der Waals surface area contributed by atoms with E-state index in [1.807, 2.05) is 19.9 Å². The zero-order valence-electron chi connectivity index (χ0n) is 16.3. The van der Waals surface area contributed by atoms with E-state index in [2.05, 4.69) is 5.32 Å². The largest absolute Gasteiger partial charge is 0.497 e. The molecule has 0 spiro atoms. The summed E-state index contributed by atoms with van der Waals surface area (Å²) < 4.78 is 31.4. The lowest BCUT2D eigenvalue weighted by atomic mass is 10.1. The van der Waals surface area contributed by atoms with Crippen molar-refractivity contribution in [2.45, 2.75) is 33.2 Å². The topological polar surface area (TPSA) is 75.7 Å². The van der Waals surface area contributed by atoms with Gasteiger partial charge in [-0.3, -0.25) is 9.10 Å². The van der Waals surface area contributed by atoms with Crippen LogP contribution in [0.4, 0.5) is 11.4 Å². The Morgan fingerprint density at radius 3 is 2.30 bits per heavy atom. The van der Waals surface area contributed by atoms with E-state index in [0.717, 1.165) is 17.4 Å². The van der Waals surface area contributed by atoms with E-state index < -0.39 is 22.0 Å². The lowest BCUT2D eigenvalue weighted by molar-refractivity contribution is -0.117. The van der Waals surface area contributed by atoms with Crippen LogP contribution in [0.25, 0.3) is 0 Å². The number of nitrogens with one attached hydrogen (secondary N) is 1. The van der Waals surface area contributed by atoms with Crippen LogP contribution in [0.15, 0.2) is 42.5 Å². The number of benzene rings is 2.